The van der Waals surface area contributed by atoms with Gasteiger partial charge in [0.15, 0.2) is 0 Å². The minimum atomic E-state index is -0.346. The van der Waals surface area contributed by atoms with Crippen molar-refractivity contribution < 1.29 is 18.4 Å². The fraction of sp³-hybridized carbons (Fsp3) is 0.167. The zero-order valence-electron chi connectivity index (χ0n) is 16.4. The van der Waals surface area contributed by atoms with Crippen molar-refractivity contribution in [3.63, 3.8) is 0 Å². The normalized spacial score (nSPS) is 13.8. The number of amides is 2. The molecule has 0 saturated heterocycles. The van der Waals surface area contributed by atoms with E-state index in [1.807, 2.05) is 6.92 Å². The lowest BCUT2D eigenvalue weighted by Gasteiger charge is -2.18. The van der Waals surface area contributed by atoms with Crippen LogP contribution in [-0.2, 0) is 17.8 Å². The average Bonchev–Trinajstić information content (AvgIpc) is 3.03. The molecule has 1 aliphatic rings. The number of hydrogen-bond donors (Lipinski definition) is 1. The monoisotopic (exact) mass is 406 g/mol. The van der Waals surface area contributed by atoms with E-state index in [0.29, 0.717) is 11.1 Å². The van der Waals surface area contributed by atoms with E-state index in [0.717, 1.165) is 16.8 Å². The van der Waals surface area contributed by atoms with Gasteiger partial charge in [0.1, 0.15) is 11.6 Å². The topological polar surface area (TPSA) is 49.4 Å². The van der Waals surface area contributed by atoms with E-state index >= 15 is 0 Å². The van der Waals surface area contributed by atoms with E-state index in [2.05, 4.69) is 5.32 Å². The summed E-state index contributed by atoms with van der Waals surface area (Å²) in [6.07, 6.45) is 0.194. The first-order chi connectivity index (χ1) is 14.4. The number of nitrogens with one attached hydrogen (secondary N) is 1. The Labute approximate surface area is 173 Å². The maximum Gasteiger partial charge on any atom is 0.251 e. The maximum absolute atomic E-state index is 13.5. The second-order valence-electron chi connectivity index (χ2n) is 7.38. The summed E-state index contributed by atoms with van der Waals surface area (Å²) >= 11 is 0. The highest BCUT2D eigenvalue weighted by Gasteiger charge is 2.28. The molecule has 1 atom stereocenters. The third-order valence-corrected chi connectivity index (χ3v) is 5.22. The quantitative estimate of drug-likeness (QED) is 0.676. The molecule has 0 fully saturated rings. The van der Waals surface area contributed by atoms with E-state index < -0.39 is 0 Å². The summed E-state index contributed by atoms with van der Waals surface area (Å²) in [4.78, 5) is 26.8. The number of halogens is 2. The van der Waals surface area contributed by atoms with Crippen LogP contribution < -0.4 is 10.2 Å². The molecule has 152 valence electrons. The molecule has 3 aromatic rings. The van der Waals surface area contributed by atoms with Crippen molar-refractivity contribution in [1.29, 1.82) is 0 Å². The Morgan fingerprint density at radius 2 is 1.80 bits per heavy atom. The third kappa shape index (κ3) is 4.08. The van der Waals surface area contributed by atoms with Crippen LogP contribution >= 0.6 is 0 Å². The second-order valence-corrected chi connectivity index (χ2v) is 7.38. The van der Waals surface area contributed by atoms with Gasteiger partial charge in [-0.25, -0.2) is 8.78 Å². The van der Waals surface area contributed by atoms with Crippen LogP contribution in [0.3, 0.4) is 0 Å². The summed E-state index contributed by atoms with van der Waals surface area (Å²) in [5, 5.41) is 2.89. The molecule has 4 rings (SSSR count). The molecule has 0 spiro atoms. The van der Waals surface area contributed by atoms with Crippen LogP contribution in [0.5, 0.6) is 0 Å². The van der Waals surface area contributed by atoms with Crippen LogP contribution in [0.1, 0.15) is 40.0 Å². The Balaban J connectivity index is 1.50. The van der Waals surface area contributed by atoms with Crippen LogP contribution in [0.2, 0.25) is 0 Å². The van der Waals surface area contributed by atoms with Crippen molar-refractivity contribution >= 4 is 17.5 Å². The predicted molar refractivity (Wildman–Crippen MR) is 110 cm³/mol. The lowest BCUT2D eigenvalue weighted by atomic mass is 10.1. The first-order valence-corrected chi connectivity index (χ1v) is 9.65. The van der Waals surface area contributed by atoms with Crippen molar-refractivity contribution in [3.05, 3.63) is 101 Å². The van der Waals surface area contributed by atoms with Gasteiger partial charge in [-0.15, -0.1) is 0 Å². The molecule has 0 bridgehead atoms. The molecule has 0 radical (unpaired) electrons. The number of benzene rings is 3. The average molecular weight is 406 g/mol. The summed E-state index contributed by atoms with van der Waals surface area (Å²) < 4.78 is 26.5. The second kappa shape index (κ2) is 8.06. The van der Waals surface area contributed by atoms with Gasteiger partial charge >= 0.3 is 0 Å². The highest BCUT2D eigenvalue weighted by atomic mass is 19.1. The van der Waals surface area contributed by atoms with Gasteiger partial charge in [-0.3, -0.25) is 9.59 Å². The maximum atomic E-state index is 13.5. The fourth-order valence-electron chi connectivity index (χ4n) is 3.63. The van der Waals surface area contributed by atoms with E-state index in [-0.39, 0.29) is 42.5 Å². The molecule has 30 heavy (non-hydrogen) atoms. The van der Waals surface area contributed by atoms with Crippen molar-refractivity contribution in [2.75, 3.05) is 4.90 Å². The molecule has 6 heteroatoms. The molecule has 1 aliphatic heterocycles. The highest BCUT2D eigenvalue weighted by molar-refractivity contribution is 6.03. The Bertz CT molecular complexity index is 1110. The standard InChI is InChI=1S/C24H20F2N2O2/c1-15(17-5-8-20(25)9-6-17)27-24(30)18-7-10-22-19(12-18)13-23(29)28(22)14-16-3-2-4-21(26)11-16/h2-12,15H,13-14H2,1H3,(H,27,30). The van der Waals surface area contributed by atoms with Gasteiger partial charge in [0.2, 0.25) is 5.91 Å². The molecule has 0 saturated carbocycles. The number of anilines is 1. The van der Waals surface area contributed by atoms with E-state index in [4.69, 9.17) is 0 Å². The SMILES string of the molecule is CC(NC(=O)c1ccc2c(c1)CC(=O)N2Cc1cccc(F)c1)c1ccc(F)cc1. The zero-order valence-corrected chi connectivity index (χ0v) is 16.4. The molecule has 1 N–H and O–H groups in total. The van der Waals surface area contributed by atoms with Crippen molar-refractivity contribution in [1.82, 2.24) is 5.32 Å². The van der Waals surface area contributed by atoms with Crippen molar-refractivity contribution in [3.8, 4) is 0 Å². The Morgan fingerprint density at radius 3 is 2.53 bits per heavy atom. The first-order valence-electron chi connectivity index (χ1n) is 9.65. The minimum Gasteiger partial charge on any atom is -0.346 e. The van der Waals surface area contributed by atoms with Gasteiger partial charge < -0.3 is 10.2 Å². The largest absolute Gasteiger partial charge is 0.346 e. The molecular formula is C24H20F2N2O2. The number of fused-ring (bicyclic) bond motifs is 1. The molecule has 0 aliphatic carbocycles. The molecule has 1 unspecified atom stereocenters. The Kier molecular flexibility index (Phi) is 5.31. The third-order valence-electron chi connectivity index (χ3n) is 5.22. The smallest absolute Gasteiger partial charge is 0.251 e. The van der Waals surface area contributed by atoms with Gasteiger partial charge in [0.05, 0.1) is 19.0 Å². The summed E-state index contributed by atoms with van der Waals surface area (Å²) in [5.74, 6) is -1.04. The lowest BCUT2D eigenvalue weighted by molar-refractivity contribution is -0.117. The van der Waals surface area contributed by atoms with E-state index in [9.17, 15) is 18.4 Å². The molecule has 4 nitrogen and oxygen atoms in total. The molecular weight excluding hydrogens is 386 g/mol. The Morgan fingerprint density at radius 1 is 1.03 bits per heavy atom. The number of carbonyl (C=O) groups is 2. The summed E-state index contributed by atoms with van der Waals surface area (Å²) in [5.41, 5.74) is 3.43. The van der Waals surface area contributed by atoms with Gasteiger partial charge in [0.25, 0.3) is 5.91 Å². The van der Waals surface area contributed by atoms with Gasteiger partial charge in [-0.05, 0) is 66.1 Å². The first kappa shape index (κ1) is 19.8. The van der Waals surface area contributed by atoms with Crippen molar-refractivity contribution in [2.45, 2.75) is 25.9 Å². The predicted octanol–water partition coefficient (Wildman–Crippen LogP) is 4.55. The summed E-state index contributed by atoms with van der Waals surface area (Å²) in [6, 6.07) is 17.0. The summed E-state index contributed by atoms with van der Waals surface area (Å²) in [6.45, 7) is 2.10. The molecule has 3 aromatic carbocycles. The van der Waals surface area contributed by atoms with Gasteiger partial charge in [-0.2, -0.15) is 0 Å². The number of hydrogen-bond acceptors (Lipinski definition) is 2. The van der Waals surface area contributed by atoms with Crippen LogP contribution in [0, 0.1) is 11.6 Å². The minimum absolute atomic E-state index is 0.0912. The van der Waals surface area contributed by atoms with Gasteiger partial charge in [-0.1, -0.05) is 24.3 Å². The summed E-state index contributed by atoms with van der Waals surface area (Å²) in [7, 11) is 0. The van der Waals surface area contributed by atoms with Crippen LogP contribution in [0.25, 0.3) is 0 Å². The molecule has 2 amide bonds. The van der Waals surface area contributed by atoms with Crippen molar-refractivity contribution in [2.24, 2.45) is 0 Å². The number of rotatable bonds is 5. The van der Waals surface area contributed by atoms with Crippen LogP contribution in [0.4, 0.5) is 14.5 Å². The van der Waals surface area contributed by atoms with Gasteiger partial charge in [0, 0.05) is 11.3 Å². The number of nitrogens with zero attached hydrogens (tertiary/aromatic N) is 1. The zero-order chi connectivity index (χ0) is 21.3. The van der Waals surface area contributed by atoms with Crippen LogP contribution in [-0.4, -0.2) is 11.8 Å². The molecule has 0 aromatic heterocycles. The fourth-order valence-corrected chi connectivity index (χ4v) is 3.63. The Hall–Kier alpha value is -3.54. The van der Waals surface area contributed by atoms with Crippen LogP contribution in [0.15, 0.2) is 66.7 Å². The highest BCUT2D eigenvalue weighted by Crippen LogP contribution is 2.31. The van der Waals surface area contributed by atoms with E-state index in [1.54, 1.807) is 47.4 Å². The lowest BCUT2D eigenvalue weighted by Crippen LogP contribution is -2.27. The molecule has 1 heterocycles. The number of carbonyl (C=O) groups excluding carboxylic acids is 2. The van der Waals surface area contributed by atoms with E-state index in [1.165, 1.54) is 24.3 Å².